The lowest BCUT2D eigenvalue weighted by Crippen LogP contribution is -2.05. The number of halogens is 1. The second-order valence-electron chi connectivity index (χ2n) is 5.42. The summed E-state index contributed by atoms with van der Waals surface area (Å²) in [6, 6.07) is 16.6. The van der Waals surface area contributed by atoms with Crippen LogP contribution in [0.1, 0.15) is 28.4 Å². The largest absolute Gasteiger partial charge is 0.384 e. The Morgan fingerprint density at radius 3 is 2.43 bits per heavy atom. The van der Waals surface area contributed by atoms with E-state index in [0.29, 0.717) is 0 Å². The van der Waals surface area contributed by atoms with Crippen LogP contribution < -0.4 is 0 Å². The summed E-state index contributed by atoms with van der Waals surface area (Å²) in [5.74, 6) is -0.280. The van der Waals surface area contributed by atoms with Crippen LogP contribution in [0.2, 0.25) is 0 Å². The molecule has 3 rings (SSSR count). The van der Waals surface area contributed by atoms with Gasteiger partial charge >= 0.3 is 0 Å². The van der Waals surface area contributed by atoms with Crippen LogP contribution in [0, 0.1) is 19.7 Å². The van der Waals surface area contributed by atoms with Crippen LogP contribution in [-0.2, 0) is 0 Å². The van der Waals surface area contributed by atoms with Crippen molar-refractivity contribution in [2.45, 2.75) is 20.0 Å². The van der Waals surface area contributed by atoms with Crippen LogP contribution in [-0.4, -0.2) is 5.11 Å². The Kier molecular flexibility index (Phi) is 3.48. The molecule has 0 aliphatic rings. The van der Waals surface area contributed by atoms with Gasteiger partial charge in [0.25, 0.3) is 0 Å². The van der Waals surface area contributed by atoms with Crippen molar-refractivity contribution in [3.05, 3.63) is 82.7 Å². The highest BCUT2D eigenvalue weighted by Crippen LogP contribution is 2.33. The zero-order valence-corrected chi connectivity index (χ0v) is 12.1. The molecule has 0 spiro atoms. The molecule has 0 fully saturated rings. The first-order chi connectivity index (χ1) is 10.1. The SMILES string of the molecule is Cc1cc(F)ccc1C(O)c1c(C)ccc2ccccc12. The lowest BCUT2D eigenvalue weighted by Gasteiger charge is -2.19. The number of rotatable bonds is 2. The molecule has 0 aromatic heterocycles. The minimum absolute atomic E-state index is 0.280. The van der Waals surface area contributed by atoms with Gasteiger partial charge in [-0.25, -0.2) is 4.39 Å². The molecule has 1 N–H and O–H groups in total. The lowest BCUT2D eigenvalue weighted by molar-refractivity contribution is 0.220. The fourth-order valence-corrected chi connectivity index (χ4v) is 2.87. The maximum Gasteiger partial charge on any atom is 0.123 e. The van der Waals surface area contributed by atoms with E-state index in [2.05, 4.69) is 6.07 Å². The number of hydrogen-bond donors (Lipinski definition) is 1. The molecular formula is C19H17FO. The Hall–Kier alpha value is -2.19. The van der Waals surface area contributed by atoms with Crippen LogP contribution in [0.4, 0.5) is 4.39 Å². The van der Waals surface area contributed by atoms with Crippen molar-refractivity contribution in [3.8, 4) is 0 Å². The quantitative estimate of drug-likeness (QED) is 0.722. The molecule has 0 saturated carbocycles. The van der Waals surface area contributed by atoms with Crippen LogP contribution in [0.3, 0.4) is 0 Å². The van der Waals surface area contributed by atoms with Gasteiger partial charge in [0.05, 0.1) is 0 Å². The summed E-state index contributed by atoms with van der Waals surface area (Å²) in [7, 11) is 0. The van der Waals surface area contributed by atoms with Crippen molar-refractivity contribution in [2.75, 3.05) is 0 Å². The van der Waals surface area contributed by atoms with Crippen molar-refractivity contribution in [1.29, 1.82) is 0 Å². The third-order valence-corrected chi connectivity index (χ3v) is 3.99. The van der Waals surface area contributed by atoms with Crippen molar-refractivity contribution >= 4 is 10.8 Å². The highest BCUT2D eigenvalue weighted by atomic mass is 19.1. The van der Waals surface area contributed by atoms with Gasteiger partial charge in [-0.2, -0.15) is 0 Å². The topological polar surface area (TPSA) is 20.2 Å². The number of aliphatic hydroxyl groups excluding tert-OH is 1. The Morgan fingerprint density at radius 1 is 0.905 bits per heavy atom. The molecule has 1 atom stereocenters. The van der Waals surface area contributed by atoms with Crippen molar-refractivity contribution in [3.63, 3.8) is 0 Å². The lowest BCUT2D eigenvalue weighted by atomic mass is 9.90. The fraction of sp³-hybridized carbons (Fsp3) is 0.158. The maximum absolute atomic E-state index is 13.3. The molecule has 0 amide bonds. The van der Waals surface area contributed by atoms with E-state index in [0.717, 1.165) is 33.0 Å². The zero-order chi connectivity index (χ0) is 15.0. The van der Waals surface area contributed by atoms with Gasteiger partial charge in [0.2, 0.25) is 0 Å². The molecule has 0 bridgehead atoms. The van der Waals surface area contributed by atoms with Crippen molar-refractivity contribution < 1.29 is 9.50 Å². The average Bonchev–Trinajstić information content (AvgIpc) is 2.46. The summed E-state index contributed by atoms with van der Waals surface area (Å²) in [4.78, 5) is 0. The molecule has 0 heterocycles. The smallest absolute Gasteiger partial charge is 0.123 e. The first-order valence-corrected chi connectivity index (χ1v) is 7.00. The summed E-state index contributed by atoms with van der Waals surface area (Å²) in [6.45, 7) is 3.81. The number of benzene rings is 3. The van der Waals surface area contributed by atoms with E-state index >= 15 is 0 Å². The summed E-state index contributed by atoms with van der Waals surface area (Å²) in [5, 5.41) is 13.0. The highest BCUT2D eigenvalue weighted by Gasteiger charge is 2.18. The summed E-state index contributed by atoms with van der Waals surface area (Å²) >= 11 is 0. The van der Waals surface area contributed by atoms with Crippen LogP contribution in [0.5, 0.6) is 0 Å². The molecule has 0 saturated heterocycles. The van der Waals surface area contributed by atoms with E-state index in [1.54, 1.807) is 6.07 Å². The van der Waals surface area contributed by atoms with Gasteiger partial charge in [-0.05, 0) is 59.0 Å². The molecule has 0 aliphatic heterocycles. The van der Waals surface area contributed by atoms with Crippen LogP contribution >= 0.6 is 0 Å². The summed E-state index contributed by atoms with van der Waals surface area (Å²) in [6.07, 6.45) is -0.753. The van der Waals surface area contributed by atoms with E-state index in [1.807, 2.05) is 44.2 Å². The van der Waals surface area contributed by atoms with E-state index in [9.17, 15) is 9.50 Å². The van der Waals surface area contributed by atoms with Crippen molar-refractivity contribution in [1.82, 2.24) is 0 Å². The molecular weight excluding hydrogens is 263 g/mol. The normalized spacial score (nSPS) is 12.6. The molecule has 1 unspecified atom stereocenters. The van der Waals surface area contributed by atoms with Gasteiger partial charge in [-0.15, -0.1) is 0 Å². The van der Waals surface area contributed by atoms with E-state index < -0.39 is 6.10 Å². The Morgan fingerprint density at radius 2 is 1.67 bits per heavy atom. The maximum atomic E-state index is 13.3. The molecule has 106 valence electrons. The third-order valence-electron chi connectivity index (χ3n) is 3.99. The van der Waals surface area contributed by atoms with Gasteiger partial charge in [-0.1, -0.05) is 42.5 Å². The molecule has 3 aromatic carbocycles. The average molecular weight is 280 g/mol. The number of aryl methyl sites for hydroxylation is 2. The first kappa shape index (κ1) is 13.8. The molecule has 0 aliphatic carbocycles. The predicted molar refractivity (Wildman–Crippen MR) is 83.9 cm³/mol. The van der Waals surface area contributed by atoms with Gasteiger partial charge in [0.15, 0.2) is 0 Å². The molecule has 3 aromatic rings. The van der Waals surface area contributed by atoms with Crippen molar-refractivity contribution in [2.24, 2.45) is 0 Å². The van der Waals surface area contributed by atoms with E-state index in [4.69, 9.17) is 0 Å². The Labute approximate surface area is 123 Å². The molecule has 1 nitrogen and oxygen atoms in total. The van der Waals surface area contributed by atoms with Gasteiger partial charge < -0.3 is 5.11 Å². The van der Waals surface area contributed by atoms with E-state index in [1.165, 1.54) is 12.1 Å². The second-order valence-corrected chi connectivity index (χ2v) is 5.42. The van der Waals surface area contributed by atoms with E-state index in [-0.39, 0.29) is 5.82 Å². The number of hydrogen-bond acceptors (Lipinski definition) is 1. The summed E-state index contributed by atoms with van der Waals surface area (Å²) < 4.78 is 13.3. The van der Waals surface area contributed by atoms with Gasteiger partial charge in [0.1, 0.15) is 11.9 Å². The standard InChI is InChI=1S/C19H17FO/c1-12-7-8-14-5-3-4-6-17(14)18(12)19(21)16-10-9-15(20)11-13(16)2/h3-11,19,21H,1-2H3. The second kappa shape index (κ2) is 5.30. The minimum atomic E-state index is -0.753. The minimum Gasteiger partial charge on any atom is -0.384 e. The van der Waals surface area contributed by atoms with Gasteiger partial charge in [-0.3, -0.25) is 0 Å². The predicted octanol–water partition coefficient (Wildman–Crippen LogP) is 4.68. The number of aliphatic hydroxyl groups is 1. The third kappa shape index (κ3) is 2.43. The Balaban J connectivity index is 2.21. The first-order valence-electron chi connectivity index (χ1n) is 7.00. The zero-order valence-electron chi connectivity index (χ0n) is 12.1. The van der Waals surface area contributed by atoms with Gasteiger partial charge in [0, 0.05) is 0 Å². The molecule has 0 radical (unpaired) electrons. The highest BCUT2D eigenvalue weighted by molar-refractivity contribution is 5.87. The van der Waals surface area contributed by atoms with Crippen LogP contribution in [0.15, 0.2) is 54.6 Å². The Bertz CT molecular complexity index is 808. The van der Waals surface area contributed by atoms with Crippen LogP contribution in [0.25, 0.3) is 10.8 Å². The molecule has 2 heteroatoms. The summed E-state index contributed by atoms with van der Waals surface area (Å²) in [5.41, 5.74) is 3.43. The monoisotopic (exact) mass is 280 g/mol. The fourth-order valence-electron chi connectivity index (χ4n) is 2.87. The number of fused-ring (bicyclic) bond motifs is 1. The molecule has 21 heavy (non-hydrogen) atoms.